The molecule has 1 aliphatic rings. The van der Waals surface area contributed by atoms with Gasteiger partial charge in [0, 0.05) is 31.4 Å². The van der Waals surface area contributed by atoms with Gasteiger partial charge in [0.05, 0.1) is 14.2 Å². The number of carbonyl (C=O) groups excluding carboxylic acids is 3. The highest BCUT2D eigenvalue weighted by atomic mass is 32.2. The van der Waals surface area contributed by atoms with Gasteiger partial charge in [-0.3, -0.25) is 14.4 Å². The van der Waals surface area contributed by atoms with Crippen molar-refractivity contribution in [2.24, 2.45) is 0 Å². The van der Waals surface area contributed by atoms with Gasteiger partial charge in [0.1, 0.15) is 28.8 Å². The summed E-state index contributed by atoms with van der Waals surface area (Å²) in [5.74, 6) is -1.89. The lowest BCUT2D eigenvalue weighted by Crippen LogP contribution is -2.54. The van der Waals surface area contributed by atoms with Gasteiger partial charge in [-0.25, -0.2) is 13.1 Å². The van der Waals surface area contributed by atoms with Crippen molar-refractivity contribution in [3.63, 3.8) is 0 Å². The quantitative estimate of drug-likeness (QED) is 0.206. The van der Waals surface area contributed by atoms with Crippen LogP contribution in [0.15, 0.2) is 109 Å². The second-order valence-electron chi connectivity index (χ2n) is 12.0. The molecule has 3 amide bonds. The number of hydrogen-bond acceptors (Lipinski definition) is 7. The van der Waals surface area contributed by atoms with E-state index in [2.05, 4.69) is 10.0 Å². The molecule has 1 unspecified atom stereocenters. The van der Waals surface area contributed by atoms with E-state index in [9.17, 15) is 22.8 Å². The van der Waals surface area contributed by atoms with Crippen LogP contribution in [0.25, 0.3) is 0 Å². The second kappa shape index (κ2) is 14.9. The van der Waals surface area contributed by atoms with Gasteiger partial charge >= 0.3 is 0 Å². The number of ether oxygens (including phenoxy) is 2. The Morgan fingerprint density at radius 2 is 1.29 bits per heavy atom. The van der Waals surface area contributed by atoms with Gasteiger partial charge in [-0.2, -0.15) is 0 Å². The summed E-state index contributed by atoms with van der Waals surface area (Å²) in [6.07, 6.45) is 0.337. The number of hydrogen-bond donors (Lipinski definition) is 2. The molecule has 5 rings (SSSR count). The summed E-state index contributed by atoms with van der Waals surface area (Å²) >= 11 is 0. The van der Waals surface area contributed by atoms with E-state index in [0.717, 1.165) is 11.1 Å². The molecule has 12 heteroatoms. The summed E-state index contributed by atoms with van der Waals surface area (Å²) in [4.78, 5) is 44.1. The number of nitrogens with zero attached hydrogens (tertiary/aromatic N) is 2. The van der Waals surface area contributed by atoms with Crippen LogP contribution in [-0.2, 0) is 30.8 Å². The van der Waals surface area contributed by atoms with Crippen LogP contribution in [0.3, 0.4) is 0 Å². The molecule has 11 nitrogen and oxygen atoms in total. The molecular formula is C37H40N4O7S. The van der Waals surface area contributed by atoms with Crippen molar-refractivity contribution in [3.8, 4) is 11.5 Å². The first kappa shape index (κ1) is 35.1. The van der Waals surface area contributed by atoms with E-state index in [1.807, 2.05) is 36.4 Å². The first-order valence-electron chi connectivity index (χ1n) is 15.7. The number of carbonyl (C=O) groups is 3. The van der Waals surface area contributed by atoms with Crippen molar-refractivity contribution in [1.82, 2.24) is 10.0 Å². The molecule has 0 radical (unpaired) electrons. The average Bonchev–Trinajstić information content (AvgIpc) is 3.85. The second-order valence-corrected chi connectivity index (χ2v) is 13.7. The first-order valence-corrected chi connectivity index (χ1v) is 17.4. The number of amides is 3. The third kappa shape index (κ3) is 8.27. The largest absolute Gasteiger partial charge is 0.497 e. The molecule has 2 N–H and O–H groups in total. The molecule has 49 heavy (non-hydrogen) atoms. The van der Waals surface area contributed by atoms with Gasteiger partial charge in [0.2, 0.25) is 21.8 Å². The lowest BCUT2D eigenvalue weighted by Gasteiger charge is -2.27. The van der Waals surface area contributed by atoms with Crippen LogP contribution in [-0.4, -0.2) is 71.8 Å². The van der Waals surface area contributed by atoms with Gasteiger partial charge in [0.15, 0.2) is 0 Å². The standard InChI is InChI=1S/C37H40N4O7S/c1-40(28-15-19-30(47-3)20-16-28)35(43)33(23-26-11-7-5-8-12-26)39-49(45,46)25-34(42)38-37(24-32(37)27-13-9-6-10-14-27)36(44)41(2)29-17-21-31(48-4)22-18-29/h5-22,32-33,39H,23-25H2,1-4H3,(H,38,42)/t32?,33-,37+/m0/s1. The molecule has 0 saturated heterocycles. The van der Waals surface area contributed by atoms with Crippen LogP contribution in [0.2, 0.25) is 0 Å². The van der Waals surface area contributed by atoms with E-state index in [0.29, 0.717) is 22.9 Å². The molecule has 0 heterocycles. The summed E-state index contributed by atoms with van der Waals surface area (Å²) in [5.41, 5.74) is 1.32. The lowest BCUT2D eigenvalue weighted by atomic mass is 10.0. The van der Waals surface area contributed by atoms with E-state index >= 15 is 0 Å². The van der Waals surface area contributed by atoms with Gasteiger partial charge in [-0.05, 0) is 72.5 Å². The zero-order valence-corrected chi connectivity index (χ0v) is 28.6. The predicted molar refractivity (Wildman–Crippen MR) is 188 cm³/mol. The highest BCUT2D eigenvalue weighted by Gasteiger charge is 2.62. The van der Waals surface area contributed by atoms with Crippen LogP contribution < -0.4 is 29.3 Å². The van der Waals surface area contributed by atoms with Crippen molar-refractivity contribution in [2.45, 2.75) is 30.3 Å². The van der Waals surface area contributed by atoms with Crippen molar-refractivity contribution in [2.75, 3.05) is 43.9 Å². The summed E-state index contributed by atoms with van der Waals surface area (Å²) in [6, 6.07) is 30.8. The number of rotatable bonds is 14. The van der Waals surface area contributed by atoms with Crippen LogP contribution in [0.1, 0.15) is 23.5 Å². The maximum absolute atomic E-state index is 14.0. The van der Waals surface area contributed by atoms with Crippen molar-refractivity contribution >= 4 is 39.1 Å². The number of benzene rings is 4. The zero-order valence-electron chi connectivity index (χ0n) is 27.8. The molecule has 4 aromatic carbocycles. The summed E-state index contributed by atoms with van der Waals surface area (Å²) in [7, 11) is 1.87. The van der Waals surface area contributed by atoms with Gasteiger partial charge in [-0.15, -0.1) is 0 Å². The Morgan fingerprint density at radius 1 is 0.776 bits per heavy atom. The van der Waals surface area contributed by atoms with E-state index < -0.39 is 39.2 Å². The van der Waals surface area contributed by atoms with Gasteiger partial charge < -0.3 is 24.6 Å². The molecule has 4 aromatic rings. The fraction of sp³-hybridized carbons (Fsp3) is 0.270. The minimum atomic E-state index is -4.37. The van der Waals surface area contributed by atoms with E-state index in [4.69, 9.17) is 9.47 Å². The Kier molecular flexibility index (Phi) is 10.7. The molecule has 1 aliphatic carbocycles. The normalized spacial score (nSPS) is 17.3. The Hall–Kier alpha value is -5.20. The molecular weight excluding hydrogens is 644 g/mol. The number of anilines is 2. The van der Waals surface area contributed by atoms with Crippen LogP contribution in [0, 0.1) is 0 Å². The van der Waals surface area contributed by atoms with Crippen LogP contribution >= 0.6 is 0 Å². The minimum Gasteiger partial charge on any atom is -0.497 e. The molecule has 0 aromatic heterocycles. The van der Waals surface area contributed by atoms with Crippen molar-refractivity contribution < 1.29 is 32.3 Å². The molecule has 3 atom stereocenters. The maximum Gasteiger partial charge on any atom is 0.253 e. The molecule has 1 fully saturated rings. The number of likely N-dealkylation sites (N-methyl/N-ethyl adjacent to an activating group) is 2. The van der Waals surface area contributed by atoms with Crippen LogP contribution in [0.5, 0.6) is 11.5 Å². The van der Waals surface area contributed by atoms with E-state index in [1.165, 1.54) is 16.9 Å². The van der Waals surface area contributed by atoms with Gasteiger partial charge in [-0.1, -0.05) is 60.7 Å². The maximum atomic E-state index is 14.0. The highest BCUT2D eigenvalue weighted by Crippen LogP contribution is 2.52. The number of nitrogens with one attached hydrogen (secondary N) is 2. The molecule has 0 aliphatic heterocycles. The van der Waals surface area contributed by atoms with E-state index in [1.54, 1.807) is 94.0 Å². The first-order chi connectivity index (χ1) is 23.5. The molecule has 0 spiro atoms. The number of methoxy groups -OCH3 is 2. The summed E-state index contributed by atoms with van der Waals surface area (Å²) in [5, 5.41) is 2.78. The number of sulfonamides is 1. The Bertz CT molecular complexity index is 1870. The zero-order chi connectivity index (χ0) is 35.2. The Morgan fingerprint density at radius 3 is 1.82 bits per heavy atom. The fourth-order valence-corrected chi connectivity index (χ4v) is 7.03. The van der Waals surface area contributed by atoms with Gasteiger partial charge in [0.25, 0.3) is 5.91 Å². The van der Waals surface area contributed by atoms with Crippen LogP contribution in [0.4, 0.5) is 11.4 Å². The minimum absolute atomic E-state index is 0.0478. The summed E-state index contributed by atoms with van der Waals surface area (Å²) < 4.78 is 40.0. The monoisotopic (exact) mass is 684 g/mol. The highest BCUT2D eigenvalue weighted by molar-refractivity contribution is 7.90. The Labute approximate surface area is 286 Å². The van der Waals surface area contributed by atoms with Crippen molar-refractivity contribution in [3.05, 3.63) is 120 Å². The lowest BCUT2D eigenvalue weighted by molar-refractivity contribution is -0.127. The predicted octanol–water partition coefficient (Wildman–Crippen LogP) is 3.90. The SMILES string of the molecule is COc1ccc(N(C)C(=O)[C@H](Cc2ccccc2)NS(=O)(=O)CC(=O)N[C@]2(C(=O)N(C)c3ccc(OC)cc3)CC2c2ccccc2)cc1. The molecule has 1 saturated carbocycles. The van der Waals surface area contributed by atoms with E-state index in [-0.39, 0.29) is 24.7 Å². The molecule has 0 bridgehead atoms. The third-order valence-corrected chi connectivity index (χ3v) is 9.97. The summed E-state index contributed by atoms with van der Waals surface area (Å²) in [6.45, 7) is 0. The Balaban J connectivity index is 1.35. The fourth-order valence-electron chi connectivity index (χ4n) is 5.91. The van der Waals surface area contributed by atoms with Crippen molar-refractivity contribution in [1.29, 1.82) is 0 Å². The average molecular weight is 685 g/mol. The topological polar surface area (TPSA) is 134 Å². The molecule has 256 valence electrons. The third-order valence-electron chi connectivity index (χ3n) is 8.69. The smallest absolute Gasteiger partial charge is 0.253 e.